The highest BCUT2D eigenvalue weighted by molar-refractivity contribution is 5.99. The highest BCUT2D eigenvalue weighted by Crippen LogP contribution is 2.44. The number of carbonyl (C=O) groups excluding carboxylic acids is 1. The van der Waals surface area contributed by atoms with E-state index in [9.17, 15) is 9.59 Å². The number of amides is 2. The molecule has 3 rings (SSSR count). The number of carboxylic acid groups (broad SMARTS) is 1. The molecule has 2 aliphatic carbocycles. The molecule has 2 aliphatic rings. The molecule has 20 heavy (non-hydrogen) atoms. The van der Waals surface area contributed by atoms with Gasteiger partial charge in [0.2, 0.25) is 0 Å². The van der Waals surface area contributed by atoms with Gasteiger partial charge in [-0.15, -0.1) is 0 Å². The number of aromatic amines is 1. The minimum Gasteiger partial charge on any atom is -0.477 e. The van der Waals surface area contributed by atoms with Crippen molar-refractivity contribution in [2.45, 2.75) is 38.6 Å². The van der Waals surface area contributed by atoms with Crippen LogP contribution in [0, 0.1) is 18.8 Å². The van der Waals surface area contributed by atoms with Crippen molar-refractivity contribution in [3.05, 3.63) is 17.5 Å². The van der Waals surface area contributed by atoms with Crippen LogP contribution in [0.25, 0.3) is 0 Å². The van der Waals surface area contributed by atoms with Gasteiger partial charge >= 0.3 is 12.0 Å². The number of H-pyrrole nitrogens is 1. The summed E-state index contributed by atoms with van der Waals surface area (Å²) in [5.41, 5.74) is 1.04. The molecule has 6 heteroatoms. The second-order valence-electron chi connectivity index (χ2n) is 5.93. The molecule has 1 aromatic rings. The van der Waals surface area contributed by atoms with Crippen LogP contribution in [0.3, 0.4) is 0 Å². The van der Waals surface area contributed by atoms with E-state index in [1.54, 1.807) is 13.0 Å². The Labute approximate surface area is 116 Å². The number of rotatable bonds is 3. The molecule has 0 aromatic carbocycles. The summed E-state index contributed by atoms with van der Waals surface area (Å²) in [6, 6.07) is 1.55. The van der Waals surface area contributed by atoms with Crippen molar-refractivity contribution >= 4 is 17.7 Å². The van der Waals surface area contributed by atoms with Gasteiger partial charge in [-0.1, -0.05) is 6.42 Å². The second kappa shape index (κ2) is 4.85. The fraction of sp³-hybridized carbons (Fsp3) is 0.571. The largest absolute Gasteiger partial charge is 0.477 e. The van der Waals surface area contributed by atoms with Crippen LogP contribution in [0.1, 0.15) is 41.9 Å². The monoisotopic (exact) mass is 277 g/mol. The summed E-state index contributed by atoms with van der Waals surface area (Å²) in [6.07, 6.45) is 4.74. The van der Waals surface area contributed by atoms with E-state index < -0.39 is 5.97 Å². The van der Waals surface area contributed by atoms with Crippen molar-refractivity contribution in [2.24, 2.45) is 11.8 Å². The fourth-order valence-corrected chi connectivity index (χ4v) is 3.60. The highest BCUT2D eigenvalue weighted by atomic mass is 16.4. The molecule has 0 radical (unpaired) electrons. The first-order valence-corrected chi connectivity index (χ1v) is 7.03. The molecular formula is C14H19N3O3. The van der Waals surface area contributed by atoms with Gasteiger partial charge in [-0.05, 0) is 44.1 Å². The first-order valence-electron chi connectivity index (χ1n) is 7.03. The van der Waals surface area contributed by atoms with Crippen molar-refractivity contribution < 1.29 is 14.7 Å². The van der Waals surface area contributed by atoms with Crippen molar-refractivity contribution in [2.75, 3.05) is 5.32 Å². The maximum atomic E-state index is 12.0. The molecule has 0 saturated heterocycles. The summed E-state index contributed by atoms with van der Waals surface area (Å²) in [5, 5.41) is 14.7. The summed E-state index contributed by atoms with van der Waals surface area (Å²) < 4.78 is 0. The molecule has 2 amide bonds. The lowest BCUT2D eigenvalue weighted by Gasteiger charge is -2.22. The van der Waals surface area contributed by atoms with Crippen LogP contribution in [0.2, 0.25) is 0 Å². The molecule has 3 unspecified atom stereocenters. The third kappa shape index (κ3) is 2.37. The Morgan fingerprint density at radius 3 is 2.75 bits per heavy atom. The van der Waals surface area contributed by atoms with E-state index in [0.29, 0.717) is 17.3 Å². The van der Waals surface area contributed by atoms with Gasteiger partial charge in [0.15, 0.2) is 0 Å². The zero-order chi connectivity index (χ0) is 14.3. The Morgan fingerprint density at radius 1 is 1.35 bits per heavy atom. The molecule has 2 bridgehead atoms. The van der Waals surface area contributed by atoms with Gasteiger partial charge in [0.1, 0.15) is 5.69 Å². The molecule has 0 spiro atoms. The Morgan fingerprint density at radius 2 is 2.15 bits per heavy atom. The van der Waals surface area contributed by atoms with Gasteiger partial charge in [-0.2, -0.15) is 0 Å². The molecule has 1 heterocycles. The second-order valence-corrected chi connectivity index (χ2v) is 5.93. The van der Waals surface area contributed by atoms with Crippen LogP contribution in [0.15, 0.2) is 6.07 Å². The number of hydrogen-bond donors (Lipinski definition) is 4. The smallest absolute Gasteiger partial charge is 0.354 e. The standard InChI is InChI=1S/C14H19N3O3/c1-7-4-11(12(15-7)13(18)19)17-14(20)16-10-6-8-2-3-9(10)5-8/h4,8-10,15H,2-3,5-6H2,1H3,(H,18,19)(H2,16,17,20). The van der Waals surface area contributed by atoms with Crippen LogP contribution < -0.4 is 10.6 Å². The van der Waals surface area contributed by atoms with E-state index in [1.165, 1.54) is 19.3 Å². The minimum absolute atomic E-state index is 0.0191. The Balaban J connectivity index is 1.63. The number of urea groups is 1. The molecule has 6 nitrogen and oxygen atoms in total. The quantitative estimate of drug-likeness (QED) is 0.683. The van der Waals surface area contributed by atoms with Gasteiger partial charge in [-0.3, -0.25) is 0 Å². The van der Waals surface area contributed by atoms with Crippen molar-refractivity contribution in [1.82, 2.24) is 10.3 Å². The number of carbonyl (C=O) groups is 2. The summed E-state index contributed by atoms with van der Waals surface area (Å²) in [5.74, 6) is 0.278. The number of aryl methyl sites for hydroxylation is 1. The first-order chi connectivity index (χ1) is 9.52. The van der Waals surface area contributed by atoms with Gasteiger partial charge in [0.25, 0.3) is 0 Å². The number of aromatic carboxylic acids is 1. The topological polar surface area (TPSA) is 94.2 Å². The van der Waals surface area contributed by atoms with Gasteiger partial charge in [0, 0.05) is 11.7 Å². The van der Waals surface area contributed by atoms with Crippen LogP contribution in [0.5, 0.6) is 0 Å². The lowest BCUT2D eigenvalue weighted by Crippen LogP contribution is -2.41. The Hall–Kier alpha value is -1.98. The van der Waals surface area contributed by atoms with Crippen LogP contribution in [0.4, 0.5) is 10.5 Å². The molecule has 108 valence electrons. The van der Waals surface area contributed by atoms with E-state index in [-0.39, 0.29) is 17.8 Å². The van der Waals surface area contributed by atoms with E-state index >= 15 is 0 Å². The summed E-state index contributed by atoms with van der Waals surface area (Å²) >= 11 is 0. The normalized spacial score (nSPS) is 27.6. The molecule has 3 atom stereocenters. The van der Waals surface area contributed by atoms with Gasteiger partial charge in [0.05, 0.1) is 5.69 Å². The van der Waals surface area contributed by atoms with E-state index in [1.807, 2.05) is 0 Å². The molecule has 0 aliphatic heterocycles. The lowest BCUT2D eigenvalue weighted by atomic mass is 9.95. The van der Waals surface area contributed by atoms with E-state index in [4.69, 9.17) is 5.11 Å². The van der Waals surface area contributed by atoms with Crippen LogP contribution >= 0.6 is 0 Å². The molecule has 1 aromatic heterocycles. The number of hydrogen-bond acceptors (Lipinski definition) is 2. The lowest BCUT2D eigenvalue weighted by molar-refractivity contribution is 0.0692. The average Bonchev–Trinajstić information content (AvgIpc) is 3.04. The Bertz CT molecular complexity index is 552. The summed E-state index contributed by atoms with van der Waals surface area (Å²) in [7, 11) is 0. The van der Waals surface area contributed by atoms with Crippen molar-refractivity contribution in [1.29, 1.82) is 0 Å². The van der Waals surface area contributed by atoms with Crippen molar-refractivity contribution in [3.8, 4) is 0 Å². The van der Waals surface area contributed by atoms with Crippen LogP contribution in [-0.4, -0.2) is 28.1 Å². The number of aromatic nitrogens is 1. The van der Waals surface area contributed by atoms with Gasteiger partial charge in [-0.25, -0.2) is 9.59 Å². The molecule has 2 saturated carbocycles. The third-order valence-corrected chi connectivity index (χ3v) is 4.47. The number of fused-ring (bicyclic) bond motifs is 2. The summed E-state index contributed by atoms with van der Waals surface area (Å²) in [4.78, 5) is 25.8. The number of nitrogens with one attached hydrogen (secondary N) is 3. The van der Waals surface area contributed by atoms with Gasteiger partial charge < -0.3 is 20.7 Å². The first kappa shape index (κ1) is 13.0. The maximum Gasteiger partial charge on any atom is 0.354 e. The van der Waals surface area contributed by atoms with E-state index in [0.717, 1.165) is 12.3 Å². The predicted octanol–water partition coefficient (Wildman–Crippen LogP) is 2.33. The Kier molecular flexibility index (Phi) is 3.16. The zero-order valence-electron chi connectivity index (χ0n) is 11.4. The third-order valence-electron chi connectivity index (χ3n) is 4.47. The SMILES string of the molecule is Cc1cc(NC(=O)NC2CC3CCC2C3)c(C(=O)O)[nH]1. The fourth-order valence-electron chi connectivity index (χ4n) is 3.60. The van der Waals surface area contributed by atoms with Crippen LogP contribution in [-0.2, 0) is 0 Å². The van der Waals surface area contributed by atoms with E-state index in [2.05, 4.69) is 15.6 Å². The van der Waals surface area contributed by atoms with Crippen molar-refractivity contribution in [3.63, 3.8) is 0 Å². The predicted molar refractivity (Wildman–Crippen MR) is 73.9 cm³/mol. The highest BCUT2D eigenvalue weighted by Gasteiger charge is 2.40. The summed E-state index contributed by atoms with van der Waals surface area (Å²) in [6.45, 7) is 1.76. The average molecular weight is 277 g/mol. The number of anilines is 1. The molecular weight excluding hydrogens is 258 g/mol. The molecule has 2 fully saturated rings. The number of carboxylic acids is 1. The maximum absolute atomic E-state index is 12.0. The minimum atomic E-state index is -1.08. The molecule has 4 N–H and O–H groups in total. The zero-order valence-corrected chi connectivity index (χ0v) is 11.4.